The molecule has 9 heteroatoms. The lowest BCUT2D eigenvalue weighted by atomic mass is 9.97. The summed E-state index contributed by atoms with van der Waals surface area (Å²) in [4.78, 5) is 49.6. The highest BCUT2D eigenvalue weighted by molar-refractivity contribution is 6.10. The zero-order valence-corrected chi connectivity index (χ0v) is 17.4. The van der Waals surface area contributed by atoms with E-state index < -0.39 is 5.97 Å². The standard InChI is InChI=1S/C20H28N2O7/c1-5-27-19(25)14-7-9-22(10-8-14)11-15(24)21-18-17(20(26)28-6-2)16(12(3)23)13(4)29-18/h14H,5-11H2,1-4H3,(H,21,24)/p+1. The number of carbonyl (C=O) groups excluding carboxylic acids is 4. The zero-order valence-electron chi connectivity index (χ0n) is 17.4. The maximum absolute atomic E-state index is 12.5. The quantitative estimate of drug-likeness (QED) is 0.481. The van der Waals surface area contributed by atoms with Gasteiger partial charge in [-0.25, -0.2) is 4.79 Å². The summed E-state index contributed by atoms with van der Waals surface area (Å²) in [6.45, 7) is 8.29. The lowest BCUT2D eigenvalue weighted by molar-refractivity contribution is -0.897. The molecule has 0 unspecified atom stereocenters. The van der Waals surface area contributed by atoms with E-state index in [4.69, 9.17) is 13.9 Å². The Bertz CT molecular complexity index is 776. The molecule has 1 amide bonds. The Morgan fingerprint density at radius 3 is 2.24 bits per heavy atom. The largest absolute Gasteiger partial charge is 0.466 e. The molecule has 9 nitrogen and oxygen atoms in total. The molecule has 0 aliphatic carbocycles. The van der Waals surface area contributed by atoms with E-state index in [0.717, 1.165) is 4.90 Å². The number of ketones is 1. The summed E-state index contributed by atoms with van der Waals surface area (Å²) in [5, 5.41) is 2.60. The number of hydrogen-bond donors (Lipinski definition) is 2. The minimum atomic E-state index is -0.715. The number of likely N-dealkylation sites (tertiary alicyclic amines) is 1. The van der Waals surface area contributed by atoms with Gasteiger partial charge in [0.2, 0.25) is 5.88 Å². The van der Waals surface area contributed by atoms with Gasteiger partial charge in [0.05, 0.1) is 37.8 Å². The first kappa shape index (κ1) is 22.6. The van der Waals surface area contributed by atoms with E-state index in [-0.39, 0.29) is 59.5 Å². The maximum atomic E-state index is 12.5. The molecule has 1 aliphatic rings. The van der Waals surface area contributed by atoms with Gasteiger partial charge >= 0.3 is 11.9 Å². The average molecular weight is 409 g/mol. The number of hydrogen-bond acceptors (Lipinski definition) is 7. The second-order valence-corrected chi connectivity index (χ2v) is 7.02. The third kappa shape index (κ3) is 5.66. The fourth-order valence-electron chi connectivity index (χ4n) is 3.55. The van der Waals surface area contributed by atoms with Crippen molar-refractivity contribution < 1.29 is 38.0 Å². The minimum absolute atomic E-state index is 0.0544. The monoisotopic (exact) mass is 409 g/mol. The number of nitrogens with one attached hydrogen (secondary N) is 2. The highest BCUT2D eigenvalue weighted by Gasteiger charge is 2.31. The number of aryl methyl sites for hydroxylation is 1. The summed E-state index contributed by atoms with van der Waals surface area (Å²) >= 11 is 0. The molecular formula is C20H29N2O7+. The predicted octanol–water partition coefficient (Wildman–Crippen LogP) is 0.764. The summed E-state index contributed by atoms with van der Waals surface area (Å²) < 4.78 is 15.5. The van der Waals surface area contributed by atoms with Gasteiger partial charge in [-0.3, -0.25) is 19.7 Å². The Morgan fingerprint density at radius 2 is 1.69 bits per heavy atom. The highest BCUT2D eigenvalue weighted by atomic mass is 16.5. The topological polar surface area (TPSA) is 116 Å². The van der Waals surface area contributed by atoms with Crippen LogP contribution in [0.5, 0.6) is 0 Å². The van der Waals surface area contributed by atoms with Gasteiger partial charge in [0.1, 0.15) is 11.3 Å². The average Bonchev–Trinajstić information content (AvgIpc) is 2.98. The third-order valence-corrected chi connectivity index (χ3v) is 4.89. The van der Waals surface area contributed by atoms with Crippen LogP contribution in [-0.2, 0) is 19.1 Å². The molecule has 160 valence electrons. The van der Waals surface area contributed by atoms with E-state index in [1.165, 1.54) is 6.92 Å². The van der Waals surface area contributed by atoms with Crippen molar-refractivity contribution in [1.29, 1.82) is 0 Å². The van der Waals surface area contributed by atoms with Gasteiger partial charge in [0.15, 0.2) is 12.3 Å². The van der Waals surface area contributed by atoms with Gasteiger partial charge < -0.3 is 18.8 Å². The summed E-state index contributed by atoms with van der Waals surface area (Å²) in [5.41, 5.74) is 0.0579. The number of amides is 1. The van der Waals surface area contributed by atoms with Crippen molar-refractivity contribution in [3.8, 4) is 0 Å². The molecule has 2 rings (SSSR count). The number of furan rings is 1. The van der Waals surface area contributed by atoms with E-state index in [1.807, 2.05) is 0 Å². The Morgan fingerprint density at radius 1 is 1.07 bits per heavy atom. The first-order valence-electron chi connectivity index (χ1n) is 9.89. The van der Waals surface area contributed by atoms with Crippen LogP contribution in [-0.4, -0.2) is 56.5 Å². The molecule has 1 aromatic rings. The first-order valence-corrected chi connectivity index (χ1v) is 9.89. The van der Waals surface area contributed by atoms with Crippen molar-refractivity contribution in [3.63, 3.8) is 0 Å². The van der Waals surface area contributed by atoms with Crippen molar-refractivity contribution in [1.82, 2.24) is 0 Å². The predicted molar refractivity (Wildman–Crippen MR) is 103 cm³/mol. The molecule has 0 spiro atoms. The normalized spacial score (nSPS) is 18.8. The molecule has 1 saturated heterocycles. The highest BCUT2D eigenvalue weighted by Crippen LogP contribution is 2.28. The third-order valence-electron chi connectivity index (χ3n) is 4.89. The van der Waals surface area contributed by atoms with Gasteiger partial charge in [-0.15, -0.1) is 0 Å². The zero-order chi connectivity index (χ0) is 21.6. The van der Waals surface area contributed by atoms with Crippen molar-refractivity contribution in [2.24, 2.45) is 5.92 Å². The van der Waals surface area contributed by atoms with Crippen LogP contribution in [0.15, 0.2) is 4.42 Å². The van der Waals surface area contributed by atoms with Crippen LogP contribution in [0.2, 0.25) is 0 Å². The van der Waals surface area contributed by atoms with E-state index in [9.17, 15) is 19.2 Å². The molecule has 0 radical (unpaired) electrons. The number of Topliss-reactive ketones (excluding diaryl/α,β-unsaturated/α-hetero) is 1. The summed E-state index contributed by atoms with van der Waals surface area (Å²) in [6.07, 6.45) is 1.31. The van der Waals surface area contributed by atoms with Crippen LogP contribution in [0, 0.1) is 12.8 Å². The number of quaternary nitrogens is 1. The van der Waals surface area contributed by atoms with Crippen LogP contribution >= 0.6 is 0 Å². The van der Waals surface area contributed by atoms with E-state index >= 15 is 0 Å². The number of esters is 2. The molecule has 2 N–H and O–H groups in total. The Labute approximate surface area is 169 Å². The molecule has 0 saturated carbocycles. The Balaban J connectivity index is 2.02. The maximum Gasteiger partial charge on any atom is 0.344 e. The van der Waals surface area contributed by atoms with Gasteiger partial charge in [-0.2, -0.15) is 0 Å². The van der Waals surface area contributed by atoms with Gasteiger partial charge in [-0.1, -0.05) is 0 Å². The summed E-state index contributed by atoms with van der Waals surface area (Å²) in [6, 6.07) is 0. The first-order chi connectivity index (χ1) is 13.8. The second-order valence-electron chi connectivity index (χ2n) is 7.02. The van der Waals surface area contributed by atoms with Gasteiger partial charge in [-0.05, 0) is 27.7 Å². The van der Waals surface area contributed by atoms with Crippen LogP contribution in [0.25, 0.3) is 0 Å². The molecular weight excluding hydrogens is 380 g/mol. The molecule has 1 aromatic heterocycles. The van der Waals surface area contributed by atoms with Gasteiger partial charge in [0.25, 0.3) is 5.91 Å². The number of ether oxygens (including phenoxy) is 2. The van der Waals surface area contributed by atoms with Crippen molar-refractivity contribution >= 4 is 29.5 Å². The van der Waals surface area contributed by atoms with Crippen molar-refractivity contribution in [3.05, 3.63) is 16.9 Å². The van der Waals surface area contributed by atoms with E-state index in [0.29, 0.717) is 32.5 Å². The Kier molecular flexibility index (Phi) is 7.95. The number of piperidine rings is 1. The fourth-order valence-corrected chi connectivity index (χ4v) is 3.55. The van der Waals surface area contributed by atoms with E-state index in [1.54, 1.807) is 20.8 Å². The fraction of sp³-hybridized carbons (Fsp3) is 0.600. The molecule has 2 heterocycles. The molecule has 0 bridgehead atoms. The number of anilines is 1. The lowest BCUT2D eigenvalue weighted by Crippen LogP contribution is -3.14. The second kappa shape index (κ2) is 10.2. The van der Waals surface area contributed by atoms with Crippen molar-refractivity contribution in [2.75, 3.05) is 38.2 Å². The van der Waals surface area contributed by atoms with Crippen LogP contribution in [0.1, 0.15) is 60.1 Å². The van der Waals surface area contributed by atoms with E-state index in [2.05, 4.69) is 5.32 Å². The number of rotatable bonds is 8. The van der Waals surface area contributed by atoms with Gasteiger partial charge in [0, 0.05) is 12.8 Å². The smallest absolute Gasteiger partial charge is 0.344 e. The SMILES string of the molecule is CCOC(=O)c1c(NC(=O)C[NH+]2CCC(C(=O)OCC)CC2)oc(C)c1C(C)=O. The lowest BCUT2D eigenvalue weighted by Gasteiger charge is -2.27. The molecule has 1 aliphatic heterocycles. The van der Waals surface area contributed by atoms with Crippen LogP contribution < -0.4 is 10.2 Å². The molecule has 29 heavy (non-hydrogen) atoms. The molecule has 0 atom stereocenters. The number of carbonyl (C=O) groups is 4. The minimum Gasteiger partial charge on any atom is -0.466 e. The van der Waals surface area contributed by atoms with Crippen molar-refractivity contribution in [2.45, 2.75) is 40.5 Å². The molecule has 0 aromatic carbocycles. The molecule has 1 fully saturated rings. The summed E-state index contributed by atoms with van der Waals surface area (Å²) in [7, 11) is 0. The Hall–Kier alpha value is -2.68. The van der Waals surface area contributed by atoms with Crippen LogP contribution in [0.4, 0.5) is 5.88 Å². The summed E-state index contributed by atoms with van der Waals surface area (Å²) in [5.74, 6) is -1.53. The van der Waals surface area contributed by atoms with Crippen LogP contribution in [0.3, 0.4) is 0 Å².